The second-order valence-corrected chi connectivity index (χ2v) is 7.39. The molecule has 2 aromatic carbocycles. The van der Waals surface area contributed by atoms with Crippen LogP contribution in [0.3, 0.4) is 0 Å². The minimum Gasteiger partial charge on any atom is -0.352 e. The summed E-state index contributed by atoms with van der Waals surface area (Å²) in [5.74, 6) is -0.757. The molecule has 2 aromatic rings. The highest BCUT2D eigenvalue weighted by molar-refractivity contribution is 7.92. The fourth-order valence-corrected chi connectivity index (χ4v) is 3.11. The molecule has 2 N–H and O–H groups in total. The Labute approximate surface area is 141 Å². The smallest absolute Gasteiger partial charge is 0.262 e. The second-order valence-electron chi connectivity index (χ2n) is 5.71. The van der Waals surface area contributed by atoms with E-state index in [1.807, 2.05) is 13.8 Å². The zero-order chi connectivity index (χ0) is 17.7. The van der Waals surface area contributed by atoms with Crippen LogP contribution in [-0.2, 0) is 10.0 Å². The standard InChI is InChI=1S/C17H19FN2O3S/c1-12(2)11-19-17(21)15-8-3-4-9-16(15)20-24(22,23)14-7-5-6-13(18)10-14/h3-10,12,20H,11H2,1-2H3,(H,19,21). The van der Waals surface area contributed by atoms with E-state index in [1.165, 1.54) is 24.3 Å². The minimum absolute atomic E-state index is 0.142. The number of hydrogen-bond donors (Lipinski definition) is 2. The molecule has 0 unspecified atom stereocenters. The molecular formula is C17H19FN2O3S. The Morgan fingerprint density at radius 2 is 1.83 bits per heavy atom. The van der Waals surface area contributed by atoms with Crippen LogP contribution in [0.5, 0.6) is 0 Å². The predicted molar refractivity (Wildman–Crippen MR) is 90.8 cm³/mol. The first kappa shape index (κ1) is 17.9. The topological polar surface area (TPSA) is 75.3 Å². The molecule has 1 amide bonds. The van der Waals surface area contributed by atoms with Gasteiger partial charge in [0, 0.05) is 6.54 Å². The van der Waals surface area contributed by atoms with Gasteiger partial charge in [0.1, 0.15) is 5.82 Å². The molecule has 5 nitrogen and oxygen atoms in total. The number of carbonyl (C=O) groups excluding carboxylic acids is 1. The molecule has 0 aliphatic carbocycles. The van der Waals surface area contributed by atoms with Crippen molar-refractivity contribution in [1.29, 1.82) is 0 Å². The molecule has 0 heterocycles. The first-order valence-electron chi connectivity index (χ1n) is 7.45. The molecule has 0 saturated heterocycles. The lowest BCUT2D eigenvalue weighted by atomic mass is 10.1. The Hall–Kier alpha value is -2.41. The van der Waals surface area contributed by atoms with Gasteiger partial charge in [-0.05, 0) is 36.2 Å². The van der Waals surface area contributed by atoms with Crippen LogP contribution in [0.4, 0.5) is 10.1 Å². The van der Waals surface area contributed by atoms with E-state index in [1.54, 1.807) is 12.1 Å². The summed E-state index contributed by atoms with van der Waals surface area (Å²) in [6.07, 6.45) is 0. The van der Waals surface area contributed by atoms with Crippen molar-refractivity contribution in [2.75, 3.05) is 11.3 Å². The molecule has 0 radical (unpaired) electrons. The largest absolute Gasteiger partial charge is 0.352 e. The number of para-hydroxylation sites is 1. The Morgan fingerprint density at radius 3 is 2.50 bits per heavy atom. The van der Waals surface area contributed by atoms with Crippen molar-refractivity contribution in [3.05, 3.63) is 59.9 Å². The van der Waals surface area contributed by atoms with Gasteiger partial charge in [0.2, 0.25) is 0 Å². The Morgan fingerprint density at radius 1 is 1.12 bits per heavy atom. The SMILES string of the molecule is CC(C)CNC(=O)c1ccccc1NS(=O)(=O)c1cccc(F)c1. The van der Waals surface area contributed by atoms with Gasteiger partial charge in [0.05, 0.1) is 16.1 Å². The summed E-state index contributed by atoms with van der Waals surface area (Å²) in [6.45, 7) is 4.39. The summed E-state index contributed by atoms with van der Waals surface area (Å²) < 4.78 is 40.4. The normalized spacial score (nSPS) is 11.3. The van der Waals surface area contributed by atoms with Gasteiger partial charge in [-0.2, -0.15) is 0 Å². The highest BCUT2D eigenvalue weighted by Crippen LogP contribution is 2.20. The quantitative estimate of drug-likeness (QED) is 0.841. The van der Waals surface area contributed by atoms with Crippen LogP contribution < -0.4 is 10.0 Å². The molecule has 0 saturated carbocycles. The molecule has 0 spiro atoms. The Bertz CT molecular complexity index is 835. The van der Waals surface area contributed by atoms with Crippen molar-refractivity contribution in [1.82, 2.24) is 5.32 Å². The first-order chi connectivity index (χ1) is 11.3. The molecule has 2 rings (SSSR count). The van der Waals surface area contributed by atoms with Crippen molar-refractivity contribution < 1.29 is 17.6 Å². The molecular weight excluding hydrogens is 331 g/mol. The molecule has 24 heavy (non-hydrogen) atoms. The average Bonchev–Trinajstić information content (AvgIpc) is 2.53. The van der Waals surface area contributed by atoms with Gasteiger partial charge in [0.25, 0.3) is 15.9 Å². The van der Waals surface area contributed by atoms with Crippen LogP contribution in [0.25, 0.3) is 0 Å². The number of rotatable bonds is 6. The van der Waals surface area contributed by atoms with Crippen molar-refractivity contribution in [3.8, 4) is 0 Å². The van der Waals surface area contributed by atoms with Crippen molar-refractivity contribution in [2.45, 2.75) is 18.7 Å². The lowest BCUT2D eigenvalue weighted by Gasteiger charge is -2.13. The predicted octanol–water partition coefficient (Wildman–Crippen LogP) is 3.01. The number of nitrogens with one attached hydrogen (secondary N) is 2. The molecule has 0 aliphatic heterocycles. The Kier molecular flexibility index (Phi) is 5.56. The van der Waals surface area contributed by atoms with Gasteiger partial charge in [-0.1, -0.05) is 32.0 Å². The number of amides is 1. The van der Waals surface area contributed by atoms with Crippen LogP contribution >= 0.6 is 0 Å². The van der Waals surface area contributed by atoms with Crippen LogP contribution in [0.15, 0.2) is 53.4 Å². The van der Waals surface area contributed by atoms with Gasteiger partial charge < -0.3 is 5.32 Å². The van der Waals surface area contributed by atoms with E-state index in [4.69, 9.17) is 0 Å². The molecule has 7 heteroatoms. The third-order valence-electron chi connectivity index (χ3n) is 3.19. The Balaban J connectivity index is 2.28. The van der Waals surface area contributed by atoms with Crippen LogP contribution in [-0.4, -0.2) is 20.9 Å². The molecule has 0 aliphatic rings. The third kappa shape index (κ3) is 4.55. The maximum absolute atomic E-state index is 13.3. The monoisotopic (exact) mass is 350 g/mol. The van der Waals surface area contributed by atoms with E-state index in [0.29, 0.717) is 6.54 Å². The molecule has 0 aromatic heterocycles. The summed E-state index contributed by atoms with van der Waals surface area (Å²) in [6, 6.07) is 10.9. The van der Waals surface area contributed by atoms with Crippen molar-refractivity contribution in [3.63, 3.8) is 0 Å². The molecule has 128 valence electrons. The molecule has 0 atom stereocenters. The zero-order valence-corrected chi connectivity index (χ0v) is 14.2. The second kappa shape index (κ2) is 7.44. The van der Waals surface area contributed by atoms with Crippen molar-refractivity contribution >= 4 is 21.6 Å². The summed E-state index contributed by atoms with van der Waals surface area (Å²) in [5, 5.41) is 2.74. The van der Waals surface area contributed by atoms with Gasteiger partial charge in [-0.3, -0.25) is 9.52 Å². The van der Waals surface area contributed by atoms with E-state index in [0.717, 1.165) is 12.1 Å². The van der Waals surface area contributed by atoms with E-state index < -0.39 is 15.8 Å². The summed E-state index contributed by atoms with van der Waals surface area (Å²) in [7, 11) is -3.99. The van der Waals surface area contributed by atoms with Crippen LogP contribution in [0, 0.1) is 11.7 Å². The fourth-order valence-electron chi connectivity index (χ4n) is 2.00. The molecule has 0 fully saturated rings. The highest BCUT2D eigenvalue weighted by Gasteiger charge is 2.19. The zero-order valence-electron chi connectivity index (χ0n) is 13.4. The number of benzene rings is 2. The number of halogens is 1. The lowest BCUT2D eigenvalue weighted by Crippen LogP contribution is -2.28. The number of anilines is 1. The number of carbonyl (C=O) groups is 1. The van der Waals surface area contributed by atoms with Crippen molar-refractivity contribution in [2.24, 2.45) is 5.92 Å². The number of sulfonamides is 1. The maximum Gasteiger partial charge on any atom is 0.262 e. The maximum atomic E-state index is 13.3. The number of hydrogen-bond acceptors (Lipinski definition) is 3. The van der Waals surface area contributed by atoms with Gasteiger partial charge in [-0.25, -0.2) is 12.8 Å². The van der Waals surface area contributed by atoms with Gasteiger partial charge >= 0.3 is 0 Å². The van der Waals surface area contributed by atoms with E-state index in [2.05, 4.69) is 10.0 Å². The van der Waals surface area contributed by atoms with Gasteiger partial charge in [0.15, 0.2) is 0 Å². The summed E-state index contributed by atoms with van der Waals surface area (Å²) >= 11 is 0. The average molecular weight is 350 g/mol. The van der Waals surface area contributed by atoms with E-state index in [9.17, 15) is 17.6 Å². The van der Waals surface area contributed by atoms with E-state index >= 15 is 0 Å². The van der Waals surface area contributed by atoms with Crippen LogP contribution in [0.2, 0.25) is 0 Å². The summed E-state index contributed by atoms with van der Waals surface area (Å²) in [4.78, 5) is 12.0. The van der Waals surface area contributed by atoms with Gasteiger partial charge in [-0.15, -0.1) is 0 Å². The van der Waals surface area contributed by atoms with E-state index in [-0.39, 0.29) is 28.0 Å². The lowest BCUT2D eigenvalue weighted by molar-refractivity contribution is 0.0950. The summed E-state index contributed by atoms with van der Waals surface area (Å²) in [5.41, 5.74) is 0.348. The molecule has 0 bridgehead atoms. The third-order valence-corrected chi connectivity index (χ3v) is 4.56. The fraction of sp³-hybridized carbons (Fsp3) is 0.235. The van der Waals surface area contributed by atoms with Crippen LogP contribution in [0.1, 0.15) is 24.2 Å². The minimum atomic E-state index is -3.99. The highest BCUT2D eigenvalue weighted by atomic mass is 32.2. The first-order valence-corrected chi connectivity index (χ1v) is 8.93.